The summed E-state index contributed by atoms with van der Waals surface area (Å²) >= 11 is 0. The molecule has 2 aromatic rings. The van der Waals surface area contributed by atoms with Gasteiger partial charge < -0.3 is 21.1 Å². The Morgan fingerprint density at radius 1 is 1.19 bits per heavy atom. The molecule has 6 nitrogen and oxygen atoms in total. The van der Waals surface area contributed by atoms with Crippen LogP contribution in [0.1, 0.15) is 29.9 Å². The number of nitrogens with one attached hydrogen (secondary N) is 3. The topological polar surface area (TPSA) is 85.8 Å². The molecule has 0 aromatic heterocycles. The molecule has 1 aliphatic heterocycles. The van der Waals surface area contributed by atoms with Gasteiger partial charge in [-0.2, -0.15) is 0 Å². The maximum absolute atomic E-state index is 11.9. The molecule has 27 heavy (non-hydrogen) atoms. The van der Waals surface area contributed by atoms with E-state index in [0.29, 0.717) is 18.7 Å². The Hall–Kier alpha value is -3.02. The Kier molecular flexibility index (Phi) is 6.30. The van der Waals surface area contributed by atoms with Gasteiger partial charge >= 0.3 is 0 Å². The third-order valence-electron chi connectivity index (χ3n) is 4.72. The number of benzene rings is 2. The molecule has 0 fully saturated rings. The molecular weight excluding hydrogens is 340 g/mol. The minimum Gasteiger partial charge on any atom is -0.508 e. The number of guanidine groups is 1. The van der Waals surface area contributed by atoms with Crippen LogP contribution in [0.3, 0.4) is 0 Å². The Balaban J connectivity index is 1.45. The normalized spacial score (nSPS) is 16.4. The quantitative estimate of drug-likeness (QED) is 0.360. The zero-order valence-corrected chi connectivity index (χ0v) is 15.5. The number of phenolic OH excluding ortho intramolecular Hbond substituents is 1. The largest absolute Gasteiger partial charge is 0.508 e. The predicted octanol–water partition coefficient (Wildman–Crippen LogP) is 2.62. The lowest BCUT2D eigenvalue weighted by molar-refractivity contribution is -0.116. The van der Waals surface area contributed by atoms with Crippen molar-refractivity contribution in [2.45, 2.75) is 25.2 Å². The molecule has 3 rings (SSSR count). The Morgan fingerprint density at radius 3 is 2.74 bits per heavy atom. The number of aryl methyl sites for hydroxylation is 1. The number of para-hydroxylation sites is 1. The fourth-order valence-corrected chi connectivity index (χ4v) is 3.29. The van der Waals surface area contributed by atoms with E-state index in [1.807, 2.05) is 30.3 Å². The lowest BCUT2D eigenvalue weighted by atomic mass is 9.90. The summed E-state index contributed by atoms with van der Waals surface area (Å²) in [4.78, 5) is 16.2. The molecule has 0 aliphatic carbocycles. The van der Waals surface area contributed by atoms with Crippen LogP contribution in [0.15, 0.2) is 53.5 Å². The summed E-state index contributed by atoms with van der Waals surface area (Å²) in [5, 5.41) is 18.9. The van der Waals surface area contributed by atoms with E-state index in [2.05, 4.69) is 27.0 Å². The molecule has 1 aliphatic rings. The number of phenols is 1. The molecule has 142 valence electrons. The van der Waals surface area contributed by atoms with E-state index < -0.39 is 0 Å². The average molecular weight is 366 g/mol. The SMILES string of the molecule is CN=C(NCCCc1ccc(O)cc1)NCC1CC(=O)Nc2ccccc21. The standard InChI is InChI=1S/C21H26N4O2/c1-22-21(23-12-4-5-15-8-10-17(26)11-9-15)24-14-16-13-20(27)25-19-7-3-2-6-18(16)19/h2-3,6-11,16,26H,4-5,12-14H2,1H3,(H,25,27)(H2,22,23,24). The molecule has 1 amide bonds. The maximum Gasteiger partial charge on any atom is 0.225 e. The summed E-state index contributed by atoms with van der Waals surface area (Å²) in [6, 6.07) is 15.2. The number of rotatable bonds is 6. The van der Waals surface area contributed by atoms with Crippen LogP contribution in [0, 0.1) is 0 Å². The van der Waals surface area contributed by atoms with Gasteiger partial charge in [-0.25, -0.2) is 0 Å². The summed E-state index contributed by atoms with van der Waals surface area (Å²) in [7, 11) is 1.75. The van der Waals surface area contributed by atoms with Crippen molar-refractivity contribution in [1.82, 2.24) is 10.6 Å². The summed E-state index contributed by atoms with van der Waals surface area (Å²) in [5.41, 5.74) is 3.26. The number of anilines is 1. The molecule has 0 radical (unpaired) electrons. The second-order valence-electron chi connectivity index (χ2n) is 6.69. The van der Waals surface area contributed by atoms with Gasteiger partial charge in [-0.15, -0.1) is 0 Å². The van der Waals surface area contributed by atoms with Gasteiger partial charge in [0, 0.05) is 38.2 Å². The Labute approximate surface area is 159 Å². The first kappa shape index (κ1) is 18.8. The second-order valence-corrected chi connectivity index (χ2v) is 6.69. The molecule has 0 saturated heterocycles. The molecule has 2 aromatic carbocycles. The number of hydrogen-bond donors (Lipinski definition) is 4. The van der Waals surface area contributed by atoms with E-state index in [1.165, 1.54) is 5.56 Å². The molecule has 1 unspecified atom stereocenters. The Bertz CT molecular complexity index is 802. The van der Waals surface area contributed by atoms with Crippen molar-refractivity contribution in [3.63, 3.8) is 0 Å². The number of carbonyl (C=O) groups is 1. The second kappa shape index (κ2) is 9.07. The highest BCUT2D eigenvalue weighted by molar-refractivity contribution is 5.94. The zero-order valence-electron chi connectivity index (χ0n) is 15.5. The fraction of sp³-hybridized carbons (Fsp3) is 0.333. The van der Waals surface area contributed by atoms with Gasteiger partial charge in [0.2, 0.25) is 5.91 Å². The first-order valence-corrected chi connectivity index (χ1v) is 9.27. The highest BCUT2D eigenvalue weighted by Crippen LogP contribution is 2.31. The van der Waals surface area contributed by atoms with Crippen LogP contribution < -0.4 is 16.0 Å². The van der Waals surface area contributed by atoms with E-state index in [9.17, 15) is 9.90 Å². The summed E-state index contributed by atoms with van der Waals surface area (Å²) in [5.74, 6) is 1.21. The number of amides is 1. The molecule has 4 N–H and O–H groups in total. The van der Waals surface area contributed by atoms with Crippen molar-refractivity contribution in [3.05, 3.63) is 59.7 Å². The third kappa shape index (κ3) is 5.23. The molecule has 0 saturated carbocycles. The van der Waals surface area contributed by atoms with E-state index in [4.69, 9.17) is 0 Å². The fourth-order valence-electron chi connectivity index (χ4n) is 3.29. The third-order valence-corrected chi connectivity index (χ3v) is 4.72. The number of carbonyl (C=O) groups excluding carboxylic acids is 1. The minimum atomic E-state index is 0.0531. The van der Waals surface area contributed by atoms with Crippen molar-refractivity contribution < 1.29 is 9.90 Å². The lowest BCUT2D eigenvalue weighted by Gasteiger charge is -2.26. The van der Waals surface area contributed by atoms with Crippen molar-refractivity contribution in [2.24, 2.45) is 4.99 Å². The summed E-state index contributed by atoms with van der Waals surface area (Å²) in [6.07, 6.45) is 2.36. The minimum absolute atomic E-state index is 0.0531. The van der Waals surface area contributed by atoms with Gasteiger partial charge in [-0.05, 0) is 42.2 Å². The summed E-state index contributed by atoms with van der Waals surface area (Å²) < 4.78 is 0. The number of fused-ring (bicyclic) bond motifs is 1. The van der Waals surface area contributed by atoms with E-state index in [1.54, 1.807) is 19.2 Å². The van der Waals surface area contributed by atoms with Crippen LogP contribution >= 0.6 is 0 Å². The van der Waals surface area contributed by atoms with E-state index in [0.717, 1.165) is 36.6 Å². The smallest absolute Gasteiger partial charge is 0.225 e. The van der Waals surface area contributed by atoms with Gasteiger partial charge in [0.15, 0.2) is 5.96 Å². The zero-order chi connectivity index (χ0) is 19.1. The van der Waals surface area contributed by atoms with Crippen LogP contribution in [0.4, 0.5) is 5.69 Å². The highest BCUT2D eigenvalue weighted by atomic mass is 16.3. The lowest BCUT2D eigenvalue weighted by Crippen LogP contribution is -2.41. The van der Waals surface area contributed by atoms with Gasteiger partial charge in [0.05, 0.1) is 0 Å². The van der Waals surface area contributed by atoms with Crippen LogP contribution in [-0.4, -0.2) is 37.1 Å². The predicted molar refractivity (Wildman–Crippen MR) is 108 cm³/mol. The van der Waals surface area contributed by atoms with E-state index >= 15 is 0 Å². The molecule has 1 heterocycles. The molecular formula is C21H26N4O2. The molecule has 0 bridgehead atoms. The van der Waals surface area contributed by atoms with Gasteiger partial charge in [0.25, 0.3) is 0 Å². The Morgan fingerprint density at radius 2 is 1.96 bits per heavy atom. The number of hydrogen-bond acceptors (Lipinski definition) is 3. The first-order chi connectivity index (χ1) is 13.2. The van der Waals surface area contributed by atoms with Crippen molar-refractivity contribution in [1.29, 1.82) is 0 Å². The van der Waals surface area contributed by atoms with Gasteiger partial charge in [-0.1, -0.05) is 30.3 Å². The number of aliphatic imine (C=N–C) groups is 1. The highest BCUT2D eigenvalue weighted by Gasteiger charge is 2.24. The molecule has 1 atom stereocenters. The van der Waals surface area contributed by atoms with Gasteiger partial charge in [-0.3, -0.25) is 9.79 Å². The first-order valence-electron chi connectivity index (χ1n) is 9.27. The van der Waals surface area contributed by atoms with Crippen LogP contribution in [0.5, 0.6) is 5.75 Å². The molecule has 0 spiro atoms. The van der Waals surface area contributed by atoms with Crippen LogP contribution in [-0.2, 0) is 11.2 Å². The number of aromatic hydroxyl groups is 1. The maximum atomic E-state index is 11.9. The number of nitrogens with zero attached hydrogens (tertiary/aromatic N) is 1. The van der Waals surface area contributed by atoms with Crippen molar-refractivity contribution in [3.8, 4) is 5.75 Å². The summed E-state index contributed by atoms with van der Waals surface area (Å²) in [6.45, 7) is 1.45. The van der Waals surface area contributed by atoms with Crippen LogP contribution in [0.25, 0.3) is 0 Å². The van der Waals surface area contributed by atoms with Gasteiger partial charge in [0.1, 0.15) is 5.75 Å². The van der Waals surface area contributed by atoms with Crippen molar-refractivity contribution in [2.75, 3.05) is 25.5 Å². The van der Waals surface area contributed by atoms with Crippen LogP contribution in [0.2, 0.25) is 0 Å². The van der Waals surface area contributed by atoms with Crippen molar-refractivity contribution >= 4 is 17.6 Å². The van der Waals surface area contributed by atoms with E-state index in [-0.39, 0.29) is 11.8 Å². The average Bonchev–Trinajstić information content (AvgIpc) is 2.68. The molecule has 6 heteroatoms. The monoisotopic (exact) mass is 366 g/mol.